The molecule has 0 bridgehead atoms. The highest BCUT2D eigenvalue weighted by atomic mass is 32.1. The van der Waals surface area contributed by atoms with Crippen molar-refractivity contribution in [2.24, 2.45) is 0 Å². The third-order valence-electron chi connectivity index (χ3n) is 6.26. The van der Waals surface area contributed by atoms with Crippen molar-refractivity contribution in [2.45, 2.75) is 19.4 Å². The molecule has 39 heavy (non-hydrogen) atoms. The van der Waals surface area contributed by atoms with Gasteiger partial charge >= 0.3 is 5.91 Å². The number of nitro groups is 1. The predicted octanol–water partition coefficient (Wildman–Crippen LogP) is 5.63. The number of ether oxygens (including phenoxy) is 2. The number of thiazole rings is 1. The van der Waals surface area contributed by atoms with Crippen molar-refractivity contribution in [3.8, 4) is 11.5 Å². The van der Waals surface area contributed by atoms with Gasteiger partial charge in [0.05, 0.1) is 40.5 Å². The standard InChI is InChI=1S/C28H23N3O7S/c1-3-14-38-19-10-6-17(7-11-19)25(32)23-24(16-4-8-18(9-5-16)31(35)36)30(27(34)26(23)33)28-29-21-13-12-20(37-2)15-22(21)39-28/h4-13,15,24,32H,3,14H2,1-2H3. The molecule has 5 rings (SSSR count). The monoisotopic (exact) mass is 545 g/mol. The van der Waals surface area contributed by atoms with Crippen LogP contribution >= 0.6 is 11.3 Å². The molecule has 10 nitrogen and oxygen atoms in total. The van der Waals surface area contributed by atoms with E-state index in [0.717, 1.165) is 11.1 Å². The molecule has 11 heteroatoms. The summed E-state index contributed by atoms with van der Waals surface area (Å²) in [5.41, 5.74) is 1.03. The smallest absolute Gasteiger partial charge is 0.301 e. The molecule has 0 spiro atoms. The summed E-state index contributed by atoms with van der Waals surface area (Å²) in [6.45, 7) is 2.52. The first-order chi connectivity index (χ1) is 18.8. The summed E-state index contributed by atoms with van der Waals surface area (Å²) in [4.78, 5) is 43.3. The molecule has 1 fully saturated rings. The number of carbonyl (C=O) groups is 2. The number of aromatic nitrogens is 1. The zero-order valence-corrected chi connectivity index (χ0v) is 21.8. The van der Waals surface area contributed by atoms with Crippen molar-refractivity contribution in [3.63, 3.8) is 0 Å². The van der Waals surface area contributed by atoms with E-state index in [-0.39, 0.29) is 22.2 Å². The van der Waals surface area contributed by atoms with E-state index >= 15 is 0 Å². The molecule has 1 aromatic heterocycles. The van der Waals surface area contributed by atoms with Crippen LogP contribution in [0, 0.1) is 10.1 Å². The Morgan fingerprint density at radius 1 is 1.08 bits per heavy atom. The third-order valence-corrected chi connectivity index (χ3v) is 7.27. The maximum Gasteiger partial charge on any atom is 0.301 e. The molecule has 2 heterocycles. The molecular weight excluding hydrogens is 522 g/mol. The molecule has 4 aromatic rings. The molecule has 3 aromatic carbocycles. The Hall–Kier alpha value is -4.77. The average Bonchev–Trinajstić information content (AvgIpc) is 3.49. The summed E-state index contributed by atoms with van der Waals surface area (Å²) in [5.74, 6) is -0.916. The lowest BCUT2D eigenvalue weighted by atomic mass is 9.95. The molecule has 1 aliphatic rings. The SMILES string of the molecule is CCCOc1ccc(C(O)=C2C(=O)C(=O)N(c3nc4ccc(OC)cc4s3)C2c2ccc([N+](=O)[O-])cc2)cc1. The molecule has 1 aliphatic heterocycles. The zero-order valence-electron chi connectivity index (χ0n) is 21.0. The summed E-state index contributed by atoms with van der Waals surface area (Å²) in [5, 5.41) is 22.8. The van der Waals surface area contributed by atoms with Gasteiger partial charge < -0.3 is 14.6 Å². The molecule has 0 radical (unpaired) electrons. The second-order valence-electron chi connectivity index (χ2n) is 8.72. The van der Waals surface area contributed by atoms with Crippen molar-refractivity contribution >= 4 is 49.8 Å². The second kappa shape index (κ2) is 10.5. The van der Waals surface area contributed by atoms with E-state index in [2.05, 4.69) is 4.98 Å². The summed E-state index contributed by atoms with van der Waals surface area (Å²) in [6.07, 6.45) is 0.832. The van der Waals surface area contributed by atoms with Gasteiger partial charge in [-0.05, 0) is 66.6 Å². The number of Topliss-reactive ketones (excluding diaryl/α,β-unsaturated/α-hetero) is 1. The number of hydrogen-bond acceptors (Lipinski definition) is 9. The number of ketones is 1. The number of aliphatic hydroxyl groups is 1. The minimum absolute atomic E-state index is 0.145. The lowest BCUT2D eigenvalue weighted by Crippen LogP contribution is -2.29. The van der Waals surface area contributed by atoms with Gasteiger partial charge in [0.25, 0.3) is 11.5 Å². The number of rotatable bonds is 8. The van der Waals surface area contributed by atoms with Gasteiger partial charge in [-0.1, -0.05) is 18.3 Å². The van der Waals surface area contributed by atoms with Crippen molar-refractivity contribution in [3.05, 3.63) is 93.5 Å². The molecule has 0 saturated carbocycles. The summed E-state index contributed by atoms with van der Waals surface area (Å²) in [7, 11) is 1.54. The minimum atomic E-state index is -1.07. The first-order valence-corrected chi connectivity index (χ1v) is 12.9. The molecule has 1 amide bonds. The number of non-ortho nitro benzene ring substituents is 1. The topological polar surface area (TPSA) is 132 Å². The summed E-state index contributed by atoms with van der Waals surface area (Å²) in [6, 6.07) is 16.2. The van der Waals surface area contributed by atoms with E-state index in [1.165, 1.54) is 40.5 Å². The van der Waals surface area contributed by atoms with Gasteiger partial charge in [-0.2, -0.15) is 0 Å². The van der Waals surface area contributed by atoms with Gasteiger partial charge in [-0.3, -0.25) is 24.6 Å². The third kappa shape index (κ3) is 4.79. The molecular formula is C28H23N3O7S. The lowest BCUT2D eigenvalue weighted by Gasteiger charge is -2.22. The predicted molar refractivity (Wildman–Crippen MR) is 146 cm³/mol. The average molecular weight is 546 g/mol. The first-order valence-electron chi connectivity index (χ1n) is 12.1. The van der Waals surface area contributed by atoms with Crippen molar-refractivity contribution in [2.75, 3.05) is 18.6 Å². The summed E-state index contributed by atoms with van der Waals surface area (Å²) >= 11 is 1.19. The van der Waals surface area contributed by atoms with Gasteiger partial charge in [0.15, 0.2) is 5.13 Å². The van der Waals surface area contributed by atoms with Crippen molar-refractivity contribution < 1.29 is 29.1 Å². The molecule has 198 valence electrons. The molecule has 1 atom stereocenters. The Morgan fingerprint density at radius 2 is 1.77 bits per heavy atom. The molecule has 1 unspecified atom stereocenters. The Kier molecular flexibility index (Phi) is 6.99. The van der Waals surface area contributed by atoms with Crippen LogP contribution in [0.15, 0.2) is 72.3 Å². The van der Waals surface area contributed by atoms with E-state index in [4.69, 9.17) is 9.47 Å². The van der Waals surface area contributed by atoms with E-state index in [9.17, 15) is 24.8 Å². The Morgan fingerprint density at radius 3 is 2.41 bits per heavy atom. The summed E-state index contributed by atoms with van der Waals surface area (Å²) < 4.78 is 11.6. The largest absolute Gasteiger partial charge is 0.507 e. The number of nitro benzene ring substituents is 1. The maximum absolute atomic E-state index is 13.4. The molecule has 1 N–H and O–H groups in total. The highest BCUT2D eigenvalue weighted by molar-refractivity contribution is 7.22. The van der Waals surface area contributed by atoms with Crippen LogP contribution in [0.3, 0.4) is 0 Å². The van der Waals surface area contributed by atoms with Crippen LogP contribution < -0.4 is 14.4 Å². The maximum atomic E-state index is 13.4. The normalized spacial score (nSPS) is 16.6. The molecule has 0 aliphatic carbocycles. The van der Waals surface area contributed by atoms with Crippen LogP contribution in [-0.2, 0) is 9.59 Å². The van der Waals surface area contributed by atoms with Gasteiger partial charge in [0, 0.05) is 17.7 Å². The van der Waals surface area contributed by atoms with Crippen LogP contribution in [0.2, 0.25) is 0 Å². The highest BCUT2D eigenvalue weighted by Gasteiger charge is 2.48. The van der Waals surface area contributed by atoms with E-state index in [1.54, 1.807) is 49.6 Å². The van der Waals surface area contributed by atoms with Crippen LogP contribution in [0.1, 0.15) is 30.5 Å². The number of anilines is 1. The quantitative estimate of drug-likeness (QED) is 0.0991. The fourth-order valence-electron chi connectivity index (χ4n) is 4.33. The van der Waals surface area contributed by atoms with Crippen LogP contribution in [-0.4, -0.2) is 40.4 Å². The van der Waals surface area contributed by atoms with Gasteiger partial charge in [-0.25, -0.2) is 4.98 Å². The van der Waals surface area contributed by atoms with E-state index < -0.39 is 22.7 Å². The fourth-order valence-corrected chi connectivity index (χ4v) is 5.35. The lowest BCUT2D eigenvalue weighted by molar-refractivity contribution is -0.384. The zero-order chi connectivity index (χ0) is 27.7. The van der Waals surface area contributed by atoms with Gasteiger partial charge in [0.2, 0.25) is 0 Å². The Balaban J connectivity index is 1.65. The molecule has 1 saturated heterocycles. The van der Waals surface area contributed by atoms with Crippen molar-refractivity contribution in [1.82, 2.24) is 4.98 Å². The van der Waals surface area contributed by atoms with E-state index in [0.29, 0.717) is 34.7 Å². The number of nitrogens with zero attached hydrogens (tertiary/aromatic N) is 3. The number of aliphatic hydroxyl groups excluding tert-OH is 1. The van der Waals surface area contributed by atoms with Crippen LogP contribution in [0.25, 0.3) is 16.0 Å². The van der Waals surface area contributed by atoms with Crippen LogP contribution in [0.4, 0.5) is 10.8 Å². The number of methoxy groups -OCH3 is 1. The Bertz CT molecular complexity index is 1610. The first kappa shape index (κ1) is 25.9. The number of hydrogen-bond donors (Lipinski definition) is 1. The van der Waals surface area contributed by atoms with Crippen LogP contribution in [0.5, 0.6) is 11.5 Å². The number of carbonyl (C=O) groups excluding carboxylic acids is 2. The second-order valence-corrected chi connectivity index (χ2v) is 9.73. The Labute approximate surface area is 226 Å². The number of amides is 1. The van der Waals surface area contributed by atoms with Crippen molar-refractivity contribution in [1.29, 1.82) is 0 Å². The highest BCUT2D eigenvalue weighted by Crippen LogP contribution is 2.45. The van der Waals surface area contributed by atoms with Gasteiger partial charge in [-0.15, -0.1) is 0 Å². The minimum Gasteiger partial charge on any atom is -0.507 e. The fraction of sp³-hybridized carbons (Fsp3) is 0.179. The van der Waals surface area contributed by atoms with Gasteiger partial charge in [0.1, 0.15) is 17.3 Å². The van der Waals surface area contributed by atoms with E-state index in [1.807, 2.05) is 6.92 Å². The number of fused-ring (bicyclic) bond motifs is 1. The number of benzene rings is 3.